The van der Waals surface area contributed by atoms with Crippen LogP contribution in [0.1, 0.15) is 12.8 Å². The van der Waals surface area contributed by atoms with Gasteiger partial charge in [0.25, 0.3) is 0 Å². The van der Waals surface area contributed by atoms with Crippen molar-refractivity contribution in [2.24, 2.45) is 5.92 Å². The van der Waals surface area contributed by atoms with E-state index in [9.17, 15) is 13.2 Å². The zero-order chi connectivity index (χ0) is 17.3. The van der Waals surface area contributed by atoms with Gasteiger partial charge >= 0.3 is 0 Å². The number of rotatable bonds is 5. The van der Waals surface area contributed by atoms with Crippen LogP contribution in [-0.4, -0.2) is 63.9 Å². The lowest BCUT2D eigenvalue weighted by molar-refractivity contribution is -0.117. The molecule has 0 aromatic heterocycles. The molecular weight excluding hydrogens is 330 g/mol. The maximum absolute atomic E-state index is 12.8. The Morgan fingerprint density at radius 2 is 1.88 bits per heavy atom. The summed E-state index contributed by atoms with van der Waals surface area (Å²) in [4.78, 5) is 14.3. The highest BCUT2D eigenvalue weighted by Gasteiger charge is 2.31. The summed E-state index contributed by atoms with van der Waals surface area (Å²) < 4.78 is 32.4. The highest BCUT2D eigenvalue weighted by atomic mass is 32.2. The number of methoxy groups -OCH3 is 1. The van der Waals surface area contributed by atoms with E-state index in [1.807, 2.05) is 7.05 Å². The van der Waals surface area contributed by atoms with Crippen molar-refractivity contribution in [3.8, 4) is 5.75 Å². The van der Waals surface area contributed by atoms with Gasteiger partial charge in [0.05, 0.1) is 17.7 Å². The average Bonchev–Trinajstić information content (AvgIpc) is 3.40. The maximum atomic E-state index is 12.8. The molecule has 0 atom stereocenters. The molecule has 0 radical (unpaired) electrons. The summed E-state index contributed by atoms with van der Waals surface area (Å²) in [6.45, 7) is 2.35. The number of anilines is 1. The van der Waals surface area contributed by atoms with Crippen LogP contribution in [0.3, 0.4) is 0 Å². The first kappa shape index (κ1) is 17.2. The van der Waals surface area contributed by atoms with Gasteiger partial charge in [0.1, 0.15) is 5.75 Å². The average molecular weight is 353 g/mol. The van der Waals surface area contributed by atoms with Gasteiger partial charge in [-0.15, -0.1) is 0 Å². The molecule has 1 aromatic carbocycles. The Morgan fingerprint density at radius 1 is 1.21 bits per heavy atom. The van der Waals surface area contributed by atoms with Gasteiger partial charge in [-0.05, 0) is 38.1 Å². The third kappa shape index (κ3) is 3.55. The van der Waals surface area contributed by atoms with E-state index in [4.69, 9.17) is 4.74 Å². The Kier molecular flexibility index (Phi) is 4.80. The number of nitrogens with zero attached hydrogens (tertiary/aromatic N) is 2. The van der Waals surface area contributed by atoms with Gasteiger partial charge in [0.2, 0.25) is 15.9 Å². The quantitative estimate of drug-likeness (QED) is 0.854. The molecule has 2 fully saturated rings. The number of carbonyl (C=O) groups excluding carboxylic acids is 1. The van der Waals surface area contributed by atoms with Crippen LogP contribution in [0.15, 0.2) is 23.1 Å². The van der Waals surface area contributed by atoms with Crippen LogP contribution in [0.5, 0.6) is 5.75 Å². The Hall–Kier alpha value is -1.64. The standard InChI is InChI=1S/C16H23N3O4S/c1-18-7-9-19(10-8-18)24(21,22)13-5-6-15(23-2)14(11-13)17-16(20)12-3-4-12/h5-6,11-12H,3-4,7-10H2,1-2H3,(H,17,20). The van der Waals surface area contributed by atoms with Gasteiger partial charge in [-0.1, -0.05) is 0 Å². The van der Waals surface area contributed by atoms with Gasteiger partial charge in [-0.3, -0.25) is 4.79 Å². The molecule has 7 nitrogen and oxygen atoms in total. The third-order valence-corrected chi connectivity index (χ3v) is 6.37. The molecule has 3 rings (SSSR count). The minimum absolute atomic E-state index is 0.0348. The van der Waals surface area contributed by atoms with E-state index in [1.54, 1.807) is 6.07 Å². The second-order valence-corrected chi connectivity index (χ2v) is 8.27. The van der Waals surface area contributed by atoms with Crippen molar-refractivity contribution >= 4 is 21.6 Å². The Labute approximate surface area is 142 Å². The molecule has 1 aromatic rings. The normalized spacial score (nSPS) is 19.9. The van der Waals surface area contributed by atoms with E-state index in [2.05, 4.69) is 10.2 Å². The Bertz CT molecular complexity index is 723. The molecule has 1 saturated carbocycles. The first-order valence-electron chi connectivity index (χ1n) is 8.09. The summed E-state index contributed by atoms with van der Waals surface area (Å²) in [5.74, 6) is 0.413. The van der Waals surface area contributed by atoms with Crippen LogP contribution in [0.2, 0.25) is 0 Å². The number of benzene rings is 1. The number of nitrogens with one attached hydrogen (secondary N) is 1. The highest BCUT2D eigenvalue weighted by Crippen LogP contribution is 2.33. The molecule has 24 heavy (non-hydrogen) atoms. The molecule has 1 aliphatic heterocycles. The van der Waals surface area contributed by atoms with Crippen molar-refractivity contribution in [2.75, 3.05) is 45.7 Å². The van der Waals surface area contributed by atoms with E-state index in [0.29, 0.717) is 37.6 Å². The van der Waals surface area contributed by atoms with E-state index >= 15 is 0 Å². The van der Waals surface area contributed by atoms with Crippen molar-refractivity contribution in [1.82, 2.24) is 9.21 Å². The summed E-state index contributed by atoms with van der Waals surface area (Å²) in [6, 6.07) is 4.61. The Morgan fingerprint density at radius 3 is 2.46 bits per heavy atom. The molecule has 2 aliphatic rings. The number of piperazine rings is 1. The summed E-state index contributed by atoms with van der Waals surface area (Å²) in [5, 5.41) is 2.79. The molecular formula is C16H23N3O4S. The van der Waals surface area contributed by atoms with Gasteiger partial charge in [0, 0.05) is 32.1 Å². The third-order valence-electron chi connectivity index (χ3n) is 4.48. The summed E-state index contributed by atoms with van der Waals surface area (Å²) in [5.41, 5.74) is 0.407. The van der Waals surface area contributed by atoms with Crippen molar-refractivity contribution in [3.63, 3.8) is 0 Å². The zero-order valence-corrected chi connectivity index (χ0v) is 14.8. The first-order chi connectivity index (χ1) is 11.4. The van der Waals surface area contributed by atoms with E-state index < -0.39 is 10.0 Å². The van der Waals surface area contributed by atoms with Crippen LogP contribution in [-0.2, 0) is 14.8 Å². The number of amides is 1. The molecule has 1 aliphatic carbocycles. The number of ether oxygens (including phenoxy) is 1. The molecule has 1 amide bonds. The Balaban J connectivity index is 1.85. The first-order valence-corrected chi connectivity index (χ1v) is 9.53. The molecule has 1 heterocycles. The minimum atomic E-state index is -3.57. The number of hydrogen-bond acceptors (Lipinski definition) is 5. The van der Waals surface area contributed by atoms with Crippen molar-refractivity contribution in [1.29, 1.82) is 0 Å². The number of likely N-dealkylation sites (N-methyl/N-ethyl adjacent to an activating group) is 1. The van der Waals surface area contributed by atoms with Gasteiger partial charge < -0.3 is 15.0 Å². The van der Waals surface area contributed by atoms with E-state index in [1.165, 1.54) is 23.5 Å². The monoisotopic (exact) mass is 353 g/mol. The van der Waals surface area contributed by atoms with Crippen LogP contribution in [0, 0.1) is 5.92 Å². The molecule has 8 heteroatoms. The number of carbonyl (C=O) groups is 1. The van der Waals surface area contributed by atoms with Gasteiger partial charge in [-0.25, -0.2) is 8.42 Å². The topological polar surface area (TPSA) is 79.0 Å². The fourth-order valence-electron chi connectivity index (χ4n) is 2.70. The lowest BCUT2D eigenvalue weighted by atomic mass is 10.2. The minimum Gasteiger partial charge on any atom is -0.495 e. The molecule has 1 N–H and O–H groups in total. The van der Waals surface area contributed by atoms with Crippen molar-refractivity contribution in [2.45, 2.75) is 17.7 Å². The largest absolute Gasteiger partial charge is 0.495 e. The van der Waals surface area contributed by atoms with Crippen LogP contribution in [0.4, 0.5) is 5.69 Å². The van der Waals surface area contributed by atoms with Crippen molar-refractivity contribution < 1.29 is 17.9 Å². The van der Waals surface area contributed by atoms with Crippen molar-refractivity contribution in [3.05, 3.63) is 18.2 Å². The molecule has 132 valence electrons. The molecule has 0 unspecified atom stereocenters. The summed E-state index contributed by atoms with van der Waals surface area (Å²) in [6.07, 6.45) is 1.76. The van der Waals surface area contributed by atoms with E-state index in [0.717, 1.165) is 12.8 Å². The SMILES string of the molecule is COc1ccc(S(=O)(=O)N2CCN(C)CC2)cc1NC(=O)C1CC1. The number of hydrogen-bond donors (Lipinski definition) is 1. The fraction of sp³-hybridized carbons (Fsp3) is 0.562. The summed E-state index contributed by atoms with van der Waals surface area (Å²) in [7, 11) is -0.102. The lowest BCUT2D eigenvalue weighted by Crippen LogP contribution is -2.47. The maximum Gasteiger partial charge on any atom is 0.243 e. The van der Waals surface area contributed by atoms with Gasteiger partial charge in [0.15, 0.2) is 0 Å². The predicted molar refractivity (Wildman–Crippen MR) is 90.6 cm³/mol. The number of sulfonamides is 1. The van der Waals surface area contributed by atoms with E-state index in [-0.39, 0.29) is 16.7 Å². The van der Waals surface area contributed by atoms with Crippen LogP contribution >= 0.6 is 0 Å². The van der Waals surface area contributed by atoms with Crippen LogP contribution in [0.25, 0.3) is 0 Å². The smallest absolute Gasteiger partial charge is 0.243 e. The highest BCUT2D eigenvalue weighted by molar-refractivity contribution is 7.89. The zero-order valence-electron chi connectivity index (χ0n) is 14.0. The van der Waals surface area contributed by atoms with Crippen LogP contribution < -0.4 is 10.1 Å². The summed E-state index contributed by atoms with van der Waals surface area (Å²) >= 11 is 0. The second-order valence-electron chi connectivity index (χ2n) is 6.33. The van der Waals surface area contributed by atoms with Gasteiger partial charge in [-0.2, -0.15) is 4.31 Å². The molecule has 1 saturated heterocycles. The fourth-order valence-corrected chi connectivity index (χ4v) is 4.15. The second kappa shape index (κ2) is 6.70. The molecule has 0 spiro atoms. The lowest BCUT2D eigenvalue weighted by Gasteiger charge is -2.31. The predicted octanol–water partition coefficient (Wildman–Crippen LogP) is 0.980. The molecule has 0 bridgehead atoms.